The maximum Gasteiger partial charge on any atom is 0.555 e. The molecule has 0 aliphatic carbocycles. The standard InChI is InChI=1S/C8H7NO2.C3H3O3/c10-8(6-9-11)7-4-2-1-3-5-7;1-2-6-3(4)5/h1-6,11H;2H,1H2. The van der Waals surface area contributed by atoms with Crippen molar-refractivity contribution in [1.82, 2.24) is 0 Å². The van der Waals surface area contributed by atoms with Gasteiger partial charge in [0.2, 0.25) is 5.78 Å². The molecule has 0 aliphatic heterocycles. The lowest BCUT2D eigenvalue weighted by Gasteiger charge is -1.90. The van der Waals surface area contributed by atoms with Gasteiger partial charge >= 0.3 is 6.16 Å². The van der Waals surface area contributed by atoms with Gasteiger partial charge in [-0.15, -0.1) is 0 Å². The average Bonchev–Trinajstić information content (AvgIpc) is 2.31. The summed E-state index contributed by atoms with van der Waals surface area (Å²) >= 11 is 0. The molecule has 17 heavy (non-hydrogen) atoms. The van der Waals surface area contributed by atoms with Gasteiger partial charge in [0.05, 0.1) is 6.26 Å². The molecule has 0 saturated carbocycles. The molecule has 6 nitrogen and oxygen atoms in total. The first-order chi connectivity index (χ1) is 8.11. The van der Waals surface area contributed by atoms with Crippen molar-refractivity contribution < 1.29 is 24.6 Å². The summed E-state index contributed by atoms with van der Waals surface area (Å²) in [6.07, 6.45) is 0.0787. The highest BCUT2D eigenvalue weighted by Gasteiger charge is 1.98. The smallest absolute Gasteiger partial charge is 0.411 e. The van der Waals surface area contributed by atoms with Crippen molar-refractivity contribution in [3.8, 4) is 0 Å². The maximum absolute atomic E-state index is 10.9. The summed E-state index contributed by atoms with van der Waals surface area (Å²) in [5.74, 6) is -0.298. The quantitative estimate of drug-likeness (QED) is 0.217. The molecule has 0 unspecified atom stereocenters. The van der Waals surface area contributed by atoms with Crippen molar-refractivity contribution >= 4 is 18.2 Å². The lowest BCUT2D eigenvalue weighted by atomic mass is 10.1. The first-order valence-corrected chi connectivity index (χ1v) is 4.37. The lowest BCUT2D eigenvalue weighted by molar-refractivity contribution is 0.101. The third kappa shape index (κ3) is 7.32. The molecule has 1 aromatic rings. The molecule has 0 atom stereocenters. The van der Waals surface area contributed by atoms with Gasteiger partial charge in [-0.2, -0.15) is 9.90 Å². The number of rotatable bonds is 3. The Bertz CT molecular complexity index is 400. The zero-order chi connectivity index (χ0) is 13.1. The number of ether oxygens (including phenoxy) is 1. The van der Waals surface area contributed by atoms with E-state index in [9.17, 15) is 14.7 Å². The number of Topliss-reactive ketones (excluding diaryl/α,β-unsaturated/α-hetero) is 1. The van der Waals surface area contributed by atoms with Crippen molar-refractivity contribution in [2.75, 3.05) is 0 Å². The highest BCUT2D eigenvalue weighted by molar-refractivity contribution is 6.35. The molecule has 0 aliphatic rings. The van der Waals surface area contributed by atoms with Crippen molar-refractivity contribution in [2.24, 2.45) is 5.16 Å². The van der Waals surface area contributed by atoms with Crippen LogP contribution in [0, 0.1) is 0 Å². The van der Waals surface area contributed by atoms with E-state index in [1.165, 1.54) is 0 Å². The Morgan fingerprint density at radius 3 is 2.24 bits per heavy atom. The van der Waals surface area contributed by atoms with Crippen LogP contribution in [-0.4, -0.2) is 23.4 Å². The molecule has 0 heterocycles. The Kier molecular flexibility index (Phi) is 7.32. The molecule has 1 N–H and O–H groups in total. The van der Waals surface area contributed by atoms with Gasteiger partial charge in [0.15, 0.2) is 0 Å². The predicted molar refractivity (Wildman–Crippen MR) is 58.4 cm³/mol. The van der Waals surface area contributed by atoms with E-state index < -0.39 is 6.16 Å². The molecule has 1 aromatic carbocycles. The molecule has 0 spiro atoms. The van der Waals surface area contributed by atoms with Crippen LogP contribution >= 0.6 is 0 Å². The number of oxime groups is 1. The SMILES string of the molecule is C=COC([O])=O.O=C(C=NO)c1ccccc1. The van der Waals surface area contributed by atoms with E-state index in [4.69, 9.17) is 5.21 Å². The van der Waals surface area contributed by atoms with Crippen LogP contribution in [0.1, 0.15) is 10.4 Å². The summed E-state index contributed by atoms with van der Waals surface area (Å²) in [7, 11) is 0. The summed E-state index contributed by atoms with van der Waals surface area (Å²) in [5.41, 5.74) is 0.519. The first-order valence-electron chi connectivity index (χ1n) is 4.37. The van der Waals surface area contributed by atoms with Crippen LogP contribution in [0.15, 0.2) is 48.3 Å². The largest absolute Gasteiger partial charge is 0.555 e. The minimum absolute atomic E-state index is 0.298. The van der Waals surface area contributed by atoms with E-state index >= 15 is 0 Å². The van der Waals surface area contributed by atoms with Gasteiger partial charge in [0.1, 0.15) is 6.21 Å². The van der Waals surface area contributed by atoms with Gasteiger partial charge < -0.3 is 9.94 Å². The van der Waals surface area contributed by atoms with Crippen LogP contribution in [0.2, 0.25) is 0 Å². The minimum atomic E-state index is -1.58. The van der Waals surface area contributed by atoms with E-state index in [1.807, 2.05) is 6.07 Å². The zero-order valence-corrected chi connectivity index (χ0v) is 8.78. The van der Waals surface area contributed by atoms with Crippen LogP contribution in [0.4, 0.5) is 4.79 Å². The fourth-order valence-corrected chi connectivity index (χ4v) is 0.797. The Hall–Kier alpha value is -2.63. The predicted octanol–water partition coefficient (Wildman–Crippen LogP) is 2.03. The molecule has 0 aromatic heterocycles. The molecule has 1 rings (SSSR count). The van der Waals surface area contributed by atoms with Gasteiger partial charge in [-0.05, 0) is 0 Å². The van der Waals surface area contributed by atoms with Gasteiger partial charge in [-0.1, -0.05) is 42.1 Å². The Labute approximate surface area is 97.4 Å². The Balaban J connectivity index is 0.000000366. The molecular formula is C11H10NO5. The zero-order valence-electron chi connectivity index (χ0n) is 8.78. The Morgan fingerprint density at radius 1 is 1.29 bits per heavy atom. The topological polar surface area (TPSA) is 95.9 Å². The highest BCUT2D eigenvalue weighted by atomic mass is 16.7. The fraction of sp³-hybridized carbons (Fsp3) is 0. The summed E-state index contributed by atoms with van der Waals surface area (Å²) in [5, 5.41) is 19.9. The lowest BCUT2D eigenvalue weighted by Crippen LogP contribution is -1.98. The average molecular weight is 236 g/mol. The molecule has 1 radical (unpaired) electrons. The molecular weight excluding hydrogens is 226 g/mol. The number of hydrogen-bond donors (Lipinski definition) is 1. The summed E-state index contributed by atoms with van der Waals surface area (Å²) in [6, 6.07) is 8.62. The molecule has 0 saturated heterocycles. The van der Waals surface area contributed by atoms with Crippen molar-refractivity contribution in [3.05, 3.63) is 48.7 Å². The van der Waals surface area contributed by atoms with E-state index in [-0.39, 0.29) is 5.78 Å². The Morgan fingerprint density at radius 2 is 1.88 bits per heavy atom. The highest BCUT2D eigenvalue weighted by Crippen LogP contribution is 1.97. The van der Waals surface area contributed by atoms with E-state index in [0.29, 0.717) is 5.56 Å². The molecule has 89 valence electrons. The number of carbonyl (C=O) groups is 2. The number of carbonyl (C=O) groups excluding carboxylic acids is 2. The third-order valence-electron chi connectivity index (χ3n) is 1.41. The van der Waals surface area contributed by atoms with Crippen LogP contribution in [0.5, 0.6) is 0 Å². The van der Waals surface area contributed by atoms with Crippen LogP contribution < -0.4 is 0 Å². The van der Waals surface area contributed by atoms with E-state index in [1.54, 1.807) is 24.3 Å². The molecule has 0 bridgehead atoms. The van der Waals surface area contributed by atoms with Crippen LogP contribution in [0.25, 0.3) is 0 Å². The van der Waals surface area contributed by atoms with Gasteiger partial charge in [0, 0.05) is 5.56 Å². The summed E-state index contributed by atoms with van der Waals surface area (Å²) in [6.45, 7) is 2.96. The monoisotopic (exact) mass is 236 g/mol. The van der Waals surface area contributed by atoms with Crippen LogP contribution in [-0.2, 0) is 9.84 Å². The second kappa shape index (κ2) is 8.66. The molecule has 0 fully saturated rings. The number of benzene rings is 1. The van der Waals surface area contributed by atoms with Crippen molar-refractivity contribution in [1.29, 1.82) is 0 Å². The van der Waals surface area contributed by atoms with Gasteiger partial charge in [-0.3, -0.25) is 4.79 Å². The molecule has 0 amide bonds. The third-order valence-corrected chi connectivity index (χ3v) is 1.41. The number of hydrogen-bond acceptors (Lipinski definition) is 5. The fourth-order valence-electron chi connectivity index (χ4n) is 0.797. The number of ketones is 1. The van der Waals surface area contributed by atoms with Crippen LogP contribution in [0.3, 0.4) is 0 Å². The summed E-state index contributed by atoms with van der Waals surface area (Å²) < 4.78 is 3.61. The van der Waals surface area contributed by atoms with E-state index in [2.05, 4.69) is 16.5 Å². The first kappa shape index (κ1) is 14.4. The van der Waals surface area contributed by atoms with Crippen molar-refractivity contribution in [2.45, 2.75) is 0 Å². The normalized spacial score (nSPS) is 8.94. The second-order valence-corrected chi connectivity index (χ2v) is 2.51. The van der Waals surface area contributed by atoms with E-state index in [0.717, 1.165) is 12.5 Å². The van der Waals surface area contributed by atoms with Crippen molar-refractivity contribution in [3.63, 3.8) is 0 Å². The molecule has 6 heteroatoms. The van der Waals surface area contributed by atoms with Gasteiger partial charge in [0.25, 0.3) is 0 Å². The summed E-state index contributed by atoms with van der Waals surface area (Å²) in [4.78, 5) is 20.1. The second-order valence-electron chi connectivity index (χ2n) is 2.51. The minimum Gasteiger partial charge on any atom is -0.411 e. The number of nitrogens with zero attached hydrogens (tertiary/aromatic N) is 1. The van der Waals surface area contributed by atoms with Gasteiger partial charge in [-0.25, -0.2) is 0 Å². The maximum atomic E-state index is 10.9.